The molecule has 1 aliphatic rings. The average molecular weight is 179 g/mol. The van der Waals surface area contributed by atoms with Crippen LogP contribution in [0.25, 0.3) is 0 Å². The Morgan fingerprint density at radius 1 is 1.55 bits per heavy atom. The smallest absolute Gasteiger partial charge is 0.208 e. The number of sulfonamides is 1. The van der Waals surface area contributed by atoms with Gasteiger partial charge in [0.25, 0.3) is 0 Å². The lowest BCUT2D eigenvalue weighted by molar-refractivity contribution is -0.0270. The fraction of sp³-hybridized carbons (Fsp3) is 1.00. The second-order valence-electron chi connectivity index (χ2n) is 3.17. The van der Waals surface area contributed by atoms with Gasteiger partial charge < -0.3 is 5.11 Å². The molecule has 66 valence electrons. The molecule has 1 fully saturated rings. The second-order valence-corrected chi connectivity index (χ2v) is 5.00. The molecule has 1 saturated carbocycles. The number of hydrogen-bond donors (Lipinski definition) is 2. The Hall–Kier alpha value is -0.130. The number of hydrogen-bond acceptors (Lipinski definition) is 3. The molecule has 0 amide bonds. The third-order valence-corrected chi connectivity index (χ3v) is 2.62. The summed E-state index contributed by atoms with van der Waals surface area (Å²) in [4.78, 5) is 0. The fourth-order valence-corrected chi connectivity index (χ4v) is 1.56. The molecule has 2 N–H and O–H groups in total. The summed E-state index contributed by atoms with van der Waals surface area (Å²) in [6.07, 6.45) is 3.49. The largest absolute Gasteiger partial charge is 0.389 e. The van der Waals surface area contributed by atoms with Gasteiger partial charge in [0.1, 0.15) is 0 Å². The van der Waals surface area contributed by atoms with E-state index < -0.39 is 15.6 Å². The third kappa shape index (κ3) is 2.76. The topological polar surface area (TPSA) is 66.4 Å². The van der Waals surface area contributed by atoms with E-state index in [0.717, 1.165) is 12.7 Å². The molecule has 0 radical (unpaired) electrons. The lowest BCUT2D eigenvalue weighted by Crippen LogP contribution is -2.47. The van der Waals surface area contributed by atoms with Crippen molar-refractivity contribution in [2.75, 3.05) is 12.8 Å². The van der Waals surface area contributed by atoms with E-state index in [1.807, 2.05) is 0 Å². The van der Waals surface area contributed by atoms with Gasteiger partial charge in [-0.1, -0.05) is 0 Å². The first-order chi connectivity index (χ1) is 4.91. The highest BCUT2D eigenvalue weighted by Crippen LogP contribution is 2.30. The van der Waals surface area contributed by atoms with Crippen molar-refractivity contribution in [3.8, 4) is 0 Å². The summed E-state index contributed by atoms with van der Waals surface area (Å²) in [6.45, 7) is 0.159. The zero-order valence-electron chi connectivity index (χ0n) is 6.50. The molecule has 1 rings (SSSR count). The van der Waals surface area contributed by atoms with E-state index in [1.165, 1.54) is 0 Å². The van der Waals surface area contributed by atoms with E-state index >= 15 is 0 Å². The van der Waals surface area contributed by atoms with Gasteiger partial charge in [-0.15, -0.1) is 0 Å². The molecule has 0 atom stereocenters. The van der Waals surface area contributed by atoms with Gasteiger partial charge in [0.15, 0.2) is 0 Å². The van der Waals surface area contributed by atoms with E-state index in [4.69, 9.17) is 0 Å². The summed E-state index contributed by atoms with van der Waals surface area (Å²) in [6, 6.07) is 0. The van der Waals surface area contributed by atoms with Gasteiger partial charge in [-0.3, -0.25) is 0 Å². The van der Waals surface area contributed by atoms with E-state index in [2.05, 4.69) is 4.72 Å². The van der Waals surface area contributed by atoms with E-state index in [9.17, 15) is 13.5 Å². The molecule has 0 aliphatic heterocycles. The summed E-state index contributed by atoms with van der Waals surface area (Å²) in [5.41, 5.74) is -0.761. The van der Waals surface area contributed by atoms with Crippen LogP contribution in [0.4, 0.5) is 0 Å². The van der Waals surface area contributed by atoms with Crippen molar-refractivity contribution >= 4 is 10.0 Å². The van der Waals surface area contributed by atoms with Crippen LogP contribution in [0, 0.1) is 0 Å². The molecule has 0 heterocycles. The minimum atomic E-state index is -3.14. The zero-order valence-corrected chi connectivity index (χ0v) is 7.32. The van der Waals surface area contributed by atoms with Crippen molar-refractivity contribution in [2.45, 2.75) is 24.9 Å². The molecule has 4 nitrogen and oxygen atoms in total. The van der Waals surface area contributed by atoms with Crippen molar-refractivity contribution in [1.82, 2.24) is 4.72 Å². The molecule has 0 spiro atoms. The maximum Gasteiger partial charge on any atom is 0.208 e. The van der Waals surface area contributed by atoms with Crippen LogP contribution in [0.2, 0.25) is 0 Å². The van der Waals surface area contributed by atoms with Gasteiger partial charge in [0.05, 0.1) is 11.9 Å². The second kappa shape index (κ2) is 2.73. The highest BCUT2D eigenvalue weighted by molar-refractivity contribution is 7.88. The van der Waals surface area contributed by atoms with Crippen molar-refractivity contribution in [1.29, 1.82) is 0 Å². The zero-order chi connectivity index (χ0) is 8.54. The SMILES string of the molecule is CS(=O)(=O)NCC1(O)CCC1. The van der Waals surface area contributed by atoms with Gasteiger partial charge in [-0.2, -0.15) is 0 Å². The number of nitrogens with one attached hydrogen (secondary N) is 1. The summed E-state index contributed by atoms with van der Waals surface area (Å²) in [5.74, 6) is 0. The molecule has 1 aliphatic carbocycles. The number of rotatable bonds is 3. The van der Waals surface area contributed by atoms with Crippen molar-refractivity contribution in [3.05, 3.63) is 0 Å². The van der Waals surface area contributed by atoms with Gasteiger partial charge in [-0.05, 0) is 19.3 Å². The van der Waals surface area contributed by atoms with Gasteiger partial charge in [0, 0.05) is 6.54 Å². The molecule has 0 saturated heterocycles. The molecule has 5 heteroatoms. The Labute approximate surface area is 66.7 Å². The number of aliphatic hydroxyl groups is 1. The van der Waals surface area contributed by atoms with Crippen LogP contribution in [-0.4, -0.2) is 31.9 Å². The first kappa shape index (κ1) is 8.96. The van der Waals surface area contributed by atoms with Gasteiger partial charge in [0.2, 0.25) is 10.0 Å². The Morgan fingerprint density at radius 3 is 2.36 bits per heavy atom. The maximum atomic E-state index is 10.6. The predicted molar refractivity (Wildman–Crippen MR) is 41.6 cm³/mol. The Balaban J connectivity index is 2.33. The minimum Gasteiger partial charge on any atom is -0.389 e. The molecule has 0 aromatic rings. The van der Waals surface area contributed by atoms with Crippen LogP contribution in [0.3, 0.4) is 0 Å². The summed E-state index contributed by atoms with van der Waals surface area (Å²) in [5, 5.41) is 9.45. The molecular weight excluding hydrogens is 166 g/mol. The van der Waals surface area contributed by atoms with Crippen LogP contribution in [0.1, 0.15) is 19.3 Å². The standard InChI is InChI=1S/C6H13NO3S/c1-11(9,10)7-5-6(8)3-2-4-6/h7-8H,2-5H2,1H3. The van der Waals surface area contributed by atoms with Crippen molar-refractivity contribution in [3.63, 3.8) is 0 Å². The van der Waals surface area contributed by atoms with E-state index in [-0.39, 0.29) is 6.54 Å². The molecule has 0 bridgehead atoms. The van der Waals surface area contributed by atoms with Crippen LogP contribution in [0.5, 0.6) is 0 Å². The molecule has 0 aromatic heterocycles. The third-order valence-electron chi connectivity index (χ3n) is 1.95. The fourth-order valence-electron chi connectivity index (χ4n) is 1.03. The highest BCUT2D eigenvalue weighted by atomic mass is 32.2. The Morgan fingerprint density at radius 2 is 2.09 bits per heavy atom. The van der Waals surface area contributed by atoms with Gasteiger partial charge >= 0.3 is 0 Å². The maximum absolute atomic E-state index is 10.6. The highest BCUT2D eigenvalue weighted by Gasteiger charge is 2.34. The molecule has 0 unspecified atom stereocenters. The summed E-state index contributed by atoms with van der Waals surface area (Å²) in [7, 11) is -3.14. The monoisotopic (exact) mass is 179 g/mol. The van der Waals surface area contributed by atoms with Crippen LogP contribution in [0.15, 0.2) is 0 Å². The van der Waals surface area contributed by atoms with Crippen molar-refractivity contribution < 1.29 is 13.5 Å². The van der Waals surface area contributed by atoms with Crippen LogP contribution in [-0.2, 0) is 10.0 Å². The van der Waals surface area contributed by atoms with E-state index in [1.54, 1.807) is 0 Å². The summed E-state index contributed by atoms with van der Waals surface area (Å²) >= 11 is 0. The van der Waals surface area contributed by atoms with Crippen LogP contribution < -0.4 is 4.72 Å². The quantitative estimate of drug-likeness (QED) is 0.611. The first-order valence-electron chi connectivity index (χ1n) is 3.58. The molecule has 11 heavy (non-hydrogen) atoms. The normalized spacial score (nSPS) is 22.7. The Kier molecular flexibility index (Phi) is 2.22. The van der Waals surface area contributed by atoms with Crippen LogP contribution >= 0.6 is 0 Å². The lowest BCUT2D eigenvalue weighted by Gasteiger charge is -2.36. The molecular formula is C6H13NO3S. The first-order valence-corrected chi connectivity index (χ1v) is 5.47. The summed E-state index contributed by atoms with van der Waals surface area (Å²) < 4.78 is 23.5. The molecule has 0 aromatic carbocycles. The predicted octanol–water partition coefficient (Wildman–Crippen LogP) is -0.549. The van der Waals surface area contributed by atoms with E-state index in [0.29, 0.717) is 12.8 Å². The average Bonchev–Trinajstić information content (AvgIpc) is 1.77. The van der Waals surface area contributed by atoms with Gasteiger partial charge in [-0.25, -0.2) is 13.1 Å². The minimum absolute atomic E-state index is 0.159. The van der Waals surface area contributed by atoms with Crippen molar-refractivity contribution in [2.24, 2.45) is 0 Å². The lowest BCUT2D eigenvalue weighted by atomic mass is 9.81. The Bertz CT molecular complexity index is 230.